The van der Waals surface area contributed by atoms with Crippen molar-refractivity contribution in [1.29, 1.82) is 5.26 Å². The second kappa shape index (κ2) is 9.25. The zero-order valence-electron chi connectivity index (χ0n) is 16.2. The van der Waals surface area contributed by atoms with Gasteiger partial charge >= 0.3 is 5.97 Å². The minimum Gasteiger partial charge on any atom is -0.465 e. The minimum absolute atomic E-state index is 0.101. The molecule has 0 bridgehead atoms. The predicted molar refractivity (Wildman–Crippen MR) is 117 cm³/mol. The molecule has 150 valence electrons. The van der Waals surface area contributed by atoms with Crippen LogP contribution in [0, 0.1) is 18.3 Å². The van der Waals surface area contributed by atoms with E-state index in [1.807, 2.05) is 18.2 Å². The molecule has 0 aliphatic carbocycles. The molecule has 1 heterocycles. The lowest BCUT2D eigenvalue weighted by Gasteiger charge is -2.07. The topological polar surface area (TPSA) is 92.3 Å². The normalized spacial score (nSPS) is 10.9. The molecule has 30 heavy (non-hydrogen) atoms. The van der Waals surface area contributed by atoms with Gasteiger partial charge in [0.2, 0.25) is 0 Å². The number of carbonyl (C=O) groups excluding carboxylic acids is 2. The molecule has 1 aromatic heterocycles. The number of anilines is 1. The van der Waals surface area contributed by atoms with Crippen LogP contribution in [0.25, 0.3) is 17.4 Å². The number of hydrogen-bond donors (Lipinski definition) is 1. The number of hydrogen-bond acceptors (Lipinski definition) is 5. The van der Waals surface area contributed by atoms with Gasteiger partial charge in [0.25, 0.3) is 5.91 Å². The van der Waals surface area contributed by atoms with Crippen LogP contribution in [0.5, 0.6) is 0 Å². The lowest BCUT2D eigenvalue weighted by molar-refractivity contribution is -0.112. The standard InChI is InChI=1S/C23H17BrN2O4/c1-14-19(7-4-8-20(14)23(28)29-2)21-10-9-18(30-21)11-15(13-25)22(27)26-17-6-3-5-16(24)12-17/h3-12H,1-2H3,(H,26,27)/b15-11-. The van der Waals surface area contributed by atoms with Gasteiger partial charge in [-0.25, -0.2) is 4.79 Å². The van der Waals surface area contributed by atoms with Crippen molar-refractivity contribution in [2.45, 2.75) is 6.92 Å². The Kier molecular flexibility index (Phi) is 6.50. The minimum atomic E-state index is -0.544. The lowest BCUT2D eigenvalue weighted by Crippen LogP contribution is -2.13. The van der Waals surface area contributed by atoms with Crippen molar-refractivity contribution in [1.82, 2.24) is 0 Å². The predicted octanol–water partition coefficient (Wildman–Crippen LogP) is 5.35. The van der Waals surface area contributed by atoms with Crippen LogP contribution in [0.1, 0.15) is 21.7 Å². The molecule has 0 aliphatic heterocycles. The molecule has 0 saturated carbocycles. The smallest absolute Gasteiger partial charge is 0.338 e. The van der Waals surface area contributed by atoms with Crippen LogP contribution in [0.15, 0.2) is 69.1 Å². The highest BCUT2D eigenvalue weighted by Crippen LogP contribution is 2.29. The Morgan fingerprint density at radius 1 is 1.17 bits per heavy atom. The fraction of sp³-hybridized carbons (Fsp3) is 0.0870. The van der Waals surface area contributed by atoms with Gasteiger partial charge in [0.1, 0.15) is 23.2 Å². The van der Waals surface area contributed by atoms with Gasteiger partial charge < -0.3 is 14.5 Å². The van der Waals surface area contributed by atoms with E-state index >= 15 is 0 Å². The van der Waals surface area contributed by atoms with E-state index in [1.54, 1.807) is 49.4 Å². The van der Waals surface area contributed by atoms with Crippen LogP contribution in [0.3, 0.4) is 0 Å². The first kappa shape index (κ1) is 21.1. The van der Waals surface area contributed by atoms with Gasteiger partial charge in [-0.3, -0.25) is 4.79 Å². The summed E-state index contributed by atoms with van der Waals surface area (Å²) in [5.74, 6) is -0.127. The molecule has 0 atom stereocenters. The number of furan rings is 1. The number of esters is 1. The van der Waals surface area contributed by atoms with E-state index in [0.29, 0.717) is 28.3 Å². The number of rotatable bonds is 5. The van der Waals surface area contributed by atoms with E-state index in [4.69, 9.17) is 9.15 Å². The average molecular weight is 465 g/mol. The Morgan fingerprint density at radius 2 is 1.93 bits per heavy atom. The maximum absolute atomic E-state index is 12.4. The average Bonchev–Trinajstić information content (AvgIpc) is 3.20. The Bertz CT molecular complexity index is 1190. The maximum Gasteiger partial charge on any atom is 0.338 e. The molecule has 0 radical (unpaired) electrons. The first-order valence-electron chi connectivity index (χ1n) is 8.89. The summed E-state index contributed by atoms with van der Waals surface area (Å²) in [5, 5.41) is 12.1. The summed E-state index contributed by atoms with van der Waals surface area (Å²) in [6, 6.07) is 17.6. The summed E-state index contributed by atoms with van der Waals surface area (Å²) >= 11 is 3.33. The molecular weight excluding hydrogens is 448 g/mol. The molecule has 7 heteroatoms. The summed E-state index contributed by atoms with van der Waals surface area (Å²) in [7, 11) is 1.33. The van der Waals surface area contributed by atoms with Crippen LogP contribution in [-0.2, 0) is 9.53 Å². The van der Waals surface area contributed by atoms with E-state index in [-0.39, 0.29) is 5.57 Å². The monoisotopic (exact) mass is 464 g/mol. The Labute approximate surface area is 181 Å². The third-order valence-corrected chi connectivity index (χ3v) is 4.86. The molecule has 0 spiro atoms. The van der Waals surface area contributed by atoms with Crippen LogP contribution in [0.2, 0.25) is 0 Å². The molecule has 6 nitrogen and oxygen atoms in total. The van der Waals surface area contributed by atoms with Crippen LogP contribution in [0.4, 0.5) is 5.69 Å². The molecule has 3 aromatic rings. The summed E-state index contributed by atoms with van der Waals surface area (Å²) < 4.78 is 11.4. The van der Waals surface area contributed by atoms with Crippen molar-refractivity contribution >= 4 is 39.6 Å². The van der Waals surface area contributed by atoms with Crippen molar-refractivity contribution in [2.75, 3.05) is 12.4 Å². The molecule has 1 N–H and O–H groups in total. The van der Waals surface area contributed by atoms with Crippen LogP contribution >= 0.6 is 15.9 Å². The fourth-order valence-corrected chi connectivity index (χ4v) is 3.26. The first-order valence-corrected chi connectivity index (χ1v) is 9.69. The third kappa shape index (κ3) is 4.67. The van der Waals surface area contributed by atoms with E-state index in [9.17, 15) is 14.9 Å². The molecule has 1 amide bonds. The second-order valence-electron chi connectivity index (χ2n) is 6.31. The van der Waals surface area contributed by atoms with E-state index in [2.05, 4.69) is 21.2 Å². The van der Waals surface area contributed by atoms with Gasteiger partial charge in [0.15, 0.2) is 0 Å². The molecule has 0 fully saturated rings. The number of nitrogens with zero attached hydrogens (tertiary/aromatic N) is 1. The second-order valence-corrected chi connectivity index (χ2v) is 7.22. The molecular formula is C23H17BrN2O4. The highest BCUT2D eigenvalue weighted by molar-refractivity contribution is 9.10. The summed E-state index contributed by atoms with van der Waals surface area (Å²) in [4.78, 5) is 24.3. The van der Waals surface area contributed by atoms with Gasteiger partial charge in [-0.2, -0.15) is 5.26 Å². The number of halogens is 1. The van der Waals surface area contributed by atoms with Gasteiger partial charge in [-0.15, -0.1) is 0 Å². The Morgan fingerprint density at radius 3 is 2.63 bits per heavy atom. The van der Waals surface area contributed by atoms with Crippen molar-refractivity contribution in [3.63, 3.8) is 0 Å². The molecule has 0 unspecified atom stereocenters. The van der Waals surface area contributed by atoms with Gasteiger partial charge in [0.05, 0.1) is 12.7 Å². The SMILES string of the molecule is COC(=O)c1cccc(-c2ccc(/C=C(/C#N)C(=O)Nc3cccc(Br)c3)o2)c1C. The van der Waals surface area contributed by atoms with E-state index in [1.165, 1.54) is 13.2 Å². The van der Waals surface area contributed by atoms with Crippen molar-refractivity contribution < 1.29 is 18.7 Å². The molecule has 0 saturated heterocycles. The quantitative estimate of drug-likeness (QED) is 0.312. The van der Waals surface area contributed by atoms with Crippen molar-refractivity contribution in [3.05, 3.63) is 81.5 Å². The largest absolute Gasteiger partial charge is 0.465 e. The fourth-order valence-electron chi connectivity index (χ4n) is 2.86. The molecule has 3 rings (SSSR count). The summed E-state index contributed by atoms with van der Waals surface area (Å²) in [5.41, 5.74) is 2.33. The highest BCUT2D eigenvalue weighted by atomic mass is 79.9. The number of nitriles is 1. The van der Waals surface area contributed by atoms with Crippen molar-refractivity contribution in [3.8, 4) is 17.4 Å². The maximum atomic E-state index is 12.4. The summed E-state index contributed by atoms with van der Waals surface area (Å²) in [6.45, 7) is 1.80. The van der Waals surface area contributed by atoms with Crippen molar-refractivity contribution in [2.24, 2.45) is 0 Å². The van der Waals surface area contributed by atoms with Crippen LogP contribution < -0.4 is 5.32 Å². The number of nitrogens with one attached hydrogen (secondary N) is 1. The molecule has 0 aliphatic rings. The van der Waals surface area contributed by atoms with Crippen LogP contribution in [-0.4, -0.2) is 19.0 Å². The first-order chi connectivity index (χ1) is 14.4. The third-order valence-electron chi connectivity index (χ3n) is 4.37. The number of carbonyl (C=O) groups is 2. The Hall–Kier alpha value is -3.63. The molecule has 2 aromatic carbocycles. The van der Waals surface area contributed by atoms with Gasteiger partial charge in [-0.05, 0) is 48.9 Å². The van der Waals surface area contributed by atoms with Gasteiger partial charge in [-0.1, -0.05) is 34.1 Å². The van der Waals surface area contributed by atoms with E-state index < -0.39 is 11.9 Å². The zero-order valence-corrected chi connectivity index (χ0v) is 17.8. The number of amides is 1. The summed E-state index contributed by atoms with van der Waals surface area (Å²) in [6.07, 6.45) is 1.37. The Balaban J connectivity index is 1.86. The van der Waals surface area contributed by atoms with E-state index in [0.717, 1.165) is 10.0 Å². The number of methoxy groups -OCH3 is 1. The number of ether oxygens (including phenoxy) is 1. The number of benzene rings is 2. The van der Waals surface area contributed by atoms with Gasteiger partial charge in [0, 0.05) is 21.8 Å². The highest BCUT2D eigenvalue weighted by Gasteiger charge is 2.16. The zero-order chi connectivity index (χ0) is 21.7. The lowest BCUT2D eigenvalue weighted by atomic mass is 10.0.